The van der Waals surface area contributed by atoms with Gasteiger partial charge in [0.25, 0.3) is 0 Å². The Morgan fingerprint density at radius 2 is 2.17 bits per heavy atom. The van der Waals surface area contributed by atoms with E-state index in [-0.39, 0.29) is 6.04 Å². The molecule has 1 saturated carbocycles. The van der Waals surface area contributed by atoms with Gasteiger partial charge in [-0.25, -0.2) is 0 Å². The van der Waals surface area contributed by atoms with Crippen LogP contribution in [0.3, 0.4) is 0 Å². The molecule has 2 unspecified atom stereocenters. The molecule has 12 heavy (non-hydrogen) atoms. The highest BCUT2D eigenvalue weighted by Crippen LogP contribution is 2.41. The SMILES string of the molecule is C=CC(N)C1CCCCC1(C)C. The normalized spacial score (nSPS) is 31.1. The highest BCUT2D eigenvalue weighted by atomic mass is 14.7. The van der Waals surface area contributed by atoms with Crippen molar-refractivity contribution in [1.29, 1.82) is 0 Å². The van der Waals surface area contributed by atoms with Gasteiger partial charge in [-0.05, 0) is 24.2 Å². The fourth-order valence-corrected chi connectivity index (χ4v) is 2.40. The molecule has 0 aromatic carbocycles. The van der Waals surface area contributed by atoms with Gasteiger partial charge in [0.05, 0.1) is 0 Å². The second-order valence-electron chi connectivity index (χ2n) is 4.65. The summed E-state index contributed by atoms with van der Waals surface area (Å²) in [7, 11) is 0. The van der Waals surface area contributed by atoms with Crippen LogP contribution in [0.15, 0.2) is 12.7 Å². The Kier molecular flexibility index (Phi) is 2.94. The Morgan fingerprint density at radius 1 is 1.50 bits per heavy atom. The van der Waals surface area contributed by atoms with Crippen molar-refractivity contribution in [3.05, 3.63) is 12.7 Å². The molecular weight excluding hydrogens is 146 g/mol. The van der Waals surface area contributed by atoms with Gasteiger partial charge in [0.1, 0.15) is 0 Å². The monoisotopic (exact) mass is 167 g/mol. The van der Waals surface area contributed by atoms with E-state index in [1.807, 2.05) is 6.08 Å². The van der Waals surface area contributed by atoms with E-state index < -0.39 is 0 Å². The summed E-state index contributed by atoms with van der Waals surface area (Å²) in [6.07, 6.45) is 7.21. The third-order valence-electron chi connectivity index (χ3n) is 3.33. The minimum atomic E-state index is 0.195. The first-order valence-electron chi connectivity index (χ1n) is 4.96. The minimum absolute atomic E-state index is 0.195. The third-order valence-corrected chi connectivity index (χ3v) is 3.33. The summed E-state index contributed by atoms with van der Waals surface area (Å²) >= 11 is 0. The quantitative estimate of drug-likeness (QED) is 0.629. The Labute approximate surface area is 76.0 Å². The topological polar surface area (TPSA) is 26.0 Å². The second kappa shape index (κ2) is 3.61. The van der Waals surface area contributed by atoms with Crippen LogP contribution < -0.4 is 5.73 Å². The lowest BCUT2D eigenvalue weighted by Crippen LogP contribution is -2.40. The van der Waals surface area contributed by atoms with Crippen LogP contribution in [0.4, 0.5) is 0 Å². The van der Waals surface area contributed by atoms with E-state index in [2.05, 4.69) is 20.4 Å². The van der Waals surface area contributed by atoms with Crippen LogP contribution in [-0.4, -0.2) is 6.04 Å². The largest absolute Gasteiger partial charge is 0.324 e. The molecule has 1 rings (SSSR count). The van der Waals surface area contributed by atoms with E-state index in [0.717, 1.165) is 0 Å². The third kappa shape index (κ3) is 1.89. The number of hydrogen-bond acceptors (Lipinski definition) is 1. The van der Waals surface area contributed by atoms with Gasteiger partial charge in [-0.3, -0.25) is 0 Å². The standard InChI is InChI=1S/C11H21N/c1-4-10(12)9-7-5-6-8-11(9,2)3/h4,9-10H,1,5-8,12H2,2-3H3. The van der Waals surface area contributed by atoms with Crippen molar-refractivity contribution in [2.24, 2.45) is 17.1 Å². The summed E-state index contributed by atoms with van der Waals surface area (Å²) in [5.74, 6) is 0.642. The zero-order valence-electron chi connectivity index (χ0n) is 8.34. The fourth-order valence-electron chi connectivity index (χ4n) is 2.40. The fraction of sp³-hybridized carbons (Fsp3) is 0.818. The van der Waals surface area contributed by atoms with Crippen LogP contribution in [0.2, 0.25) is 0 Å². The molecule has 0 saturated heterocycles. The molecule has 0 radical (unpaired) electrons. The summed E-state index contributed by atoms with van der Waals surface area (Å²) in [6.45, 7) is 8.44. The molecule has 70 valence electrons. The van der Waals surface area contributed by atoms with Crippen molar-refractivity contribution in [2.45, 2.75) is 45.6 Å². The highest BCUT2D eigenvalue weighted by Gasteiger charge is 2.34. The van der Waals surface area contributed by atoms with Gasteiger partial charge in [-0.1, -0.05) is 32.8 Å². The van der Waals surface area contributed by atoms with Gasteiger partial charge in [-0.15, -0.1) is 6.58 Å². The maximum absolute atomic E-state index is 6.01. The number of rotatable bonds is 2. The molecule has 1 aliphatic carbocycles. The molecule has 1 nitrogen and oxygen atoms in total. The molecule has 0 spiro atoms. The highest BCUT2D eigenvalue weighted by molar-refractivity contribution is 4.96. The van der Waals surface area contributed by atoms with Crippen molar-refractivity contribution < 1.29 is 0 Å². The maximum Gasteiger partial charge on any atom is 0.0254 e. The molecule has 0 heterocycles. The molecule has 1 fully saturated rings. The smallest absolute Gasteiger partial charge is 0.0254 e. The van der Waals surface area contributed by atoms with E-state index in [1.165, 1.54) is 25.7 Å². The predicted octanol–water partition coefficient (Wildman–Crippen LogP) is 2.72. The lowest BCUT2D eigenvalue weighted by atomic mass is 9.66. The van der Waals surface area contributed by atoms with E-state index >= 15 is 0 Å². The van der Waals surface area contributed by atoms with Gasteiger partial charge in [-0.2, -0.15) is 0 Å². The first-order chi connectivity index (χ1) is 5.58. The van der Waals surface area contributed by atoms with Crippen molar-refractivity contribution >= 4 is 0 Å². The minimum Gasteiger partial charge on any atom is -0.324 e. The summed E-state index contributed by atoms with van der Waals surface area (Å²) in [5, 5.41) is 0. The van der Waals surface area contributed by atoms with Gasteiger partial charge < -0.3 is 5.73 Å². The second-order valence-corrected chi connectivity index (χ2v) is 4.65. The first-order valence-corrected chi connectivity index (χ1v) is 4.96. The molecule has 0 bridgehead atoms. The summed E-state index contributed by atoms with van der Waals surface area (Å²) < 4.78 is 0. The lowest BCUT2D eigenvalue weighted by Gasteiger charge is -2.41. The average molecular weight is 167 g/mol. The summed E-state index contributed by atoms with van der Waals surface area (Å²) in [6, 6.07) is 0.195. The van der Waals surface area contributed by atoms with Crippen molar-refractivity contribution in [1.82, 2.24) is 0 Å². The Bertz CT molecular complexity index is 160. The first kappa shape index (κ1) is 9.79. The maximum atomic E-state index is 6.01. The van der Waals surface area contributed by atoms with E-state index in [1.54, 1.807) is 0 Å². The molecule has 2 atom stereocenters. The Balaban J connectivity index is 2.65. The molecule has 0 aromatic rings. The number of nitrogens with two attached hydrogens (primary N) is 1. The molecule has 0 aliphatic heterocycles. The average Bonchev–Trinajstić information content (AvgIpc) is 2.02. The Morgan fingerprint density at radius 3 is 2.67 bits per heavy atom. The number of hydrogen-bond donors (Lipinski definition) is 1. The van der Waals surface area contributed by atoms with Gasteiger partial charge >= 0.3 is 0 Å². The van der Waals surface area contributed by atoms with Crippen LogP contribution in [-0.2, 0) is 0 Å². The molecule has 0 aromatic heterocycles. The van der Waals surface area contributed by atoms with Gasteiger partial charge in [0.15, 0.2) is 0 Å². The Hall–Kier alpha value is -0.300. The summed E-state index contributed by atoms with van der Waals surface area (Å²) in [4.78, 5) is 0. The molecule has 1 heteroatoms. The van der Waals surface area contributed by atoms with E-state index in [9.17, 15) is 0 Å². The van der Waals surface area contributed by atoms with Crippen LogP contribution in [0.25, 0.3) is 0 Å². The molecule has 1 aliphatic rings. The van der Waals surface area contributed by atoms with Crippen molar-refractivity contribution in [3.63, 3.8) is 0 Å². The predicted molar refractivity (Wildman–Crippen MR) is 53.9 cm³/mol. The van der Waals surface area contributed by atoms with Gasteiger partial charge in [0, 0.05) is 6.04 Å². The molecule has 0 amide bonds. The van der Waals surface area contributed by atoms with Crippen LogP contribution >= 0.6 is 0 Å². The molecular formula is C11H21N. The van der Waals surface area contributed by atoms with Crippen LogP contribution in [0, 0.1) is 11.3 Å². The van der Waals surface area contributed by atoms with E-state index in [0.29, 0.717) is 11.3 Å². The van der Waals surface area contributed by atoms with Crippen LogP contribution in [0.5, 0.6) is 0 Å². The van der Waals surface area contributed by atoms with E-state index in [4.69, 9.17) is 5.73 Å². The van der Waals surface area contributed by atoms with Crippen molar-refractivity contribution in [3.8, 4) is 0 Å². The molecule has 2 N–H and O–H groups in total. The van der Waals surface area contributed by atoms with Gasteiger partial charge in [0.2, 0.25) is 0 Å². The summed E-state index contributed by atoms with van der Waals surface area (Å²) in [5.41, 5.74) is 6.43. The zero-order chi connectivity index (χ0) is 9.19. The van der Waals surface area contributed by atoms with Crippen molar-refractivity contribution in [2.75, 3.05) is 0 Å². The lowest BCUT2D eigenvalue weighted by molar-refractivity contribution is 0.126. The zero-order valence-corrected chi connectivity index (χ0v) is 8.34. The van der Waals surface area contributed by atoms with Crippen LogP contribution in [0.1, 0.15) is 39.5 Å².